The van der Waals surface area contributed by atoms with Crippen molar-refractivity contribution in [2.75, 3.05) is 6.54 Å². The second-order valence-corrected chi connectivity index (χ2v) is 9.38. The van der Waals surface area contributed by atoms with Gasteiger partial charge in [0.25, 0.3) is 5.91 Å². The van der Waals surface area contributed by atoms with Gasteiger partial charge in [0.15, 0.2) is 0 Å². The average Bonchev–Trinajstić information content (AvgIpc) is 3.19. The molecule has 5 atom stereocenters. The maximum absolute atomic E-state index is 11.5. The van der Waals surface area contributed by atoms with Gasteiger partial charge in [-0.2, -0.15) is 0 Å². The summed E-state index contributed by atoms with van der Waals surface area (Å²) >= 11 is 1.85. The van der Waals surface area contributed by atoms with Crippen LogP contribution in [0.15, 0.2) is 44.6 Å². The zero-order valence-electron chi connectivity index (χ0n) is 17.6. The molecule has 2 aliphatic carbocycles. The lowest BCUT2D eigenvalue weighted by Crippen LogP contribution is -2.30. The van der Waals surface area contributed by atoms with Crippen LogP contribution in [0, 0.1) is 22.7 Å². The van der Waals surface area contributed by atoms with Crippen molar-refractivity contribution in [1.29, 1.82) is 0 Å². The standard InChI is InChI=1S/C22H32N4O2S/c1-4-23-13-24-19-10-14(2)18(9-15(19)3)11-21-25-20(12-29-21)16-5-7-17(8-6-16)22(27)26-28/h5,9,12-14,17-19,21,25H,4,6-8,10-11H2,1-3H3,(H,23,24). The predicted octanol–water partition coefficient (Wildman–Crippen LogP) is 4.51. The van der Waals surface area contributed by atoms with E-state index in [2.05, 4.69) is 59.1 Å². The van der Waals surface area contributed by atoms with E-state index in [1.807, 2.05) is 18.1 Å². The first-order valence-corrected chi connectivity index (χ1v) is 11.6. The summed E-state index contributed by atoms with van der Waals surface area (Å²) in [5.41, 5.74) is 3.81. The fourth-order valence-electron chi connectivity index (χ4n) is 4.34. The zero-order chi connectivity index (χ0) is 20.8. The summed E-state index contributed by atoms with van der Waals surface area (Å²) in [6, 6.07) is 0.294. The van der Waals surface area contributed by atoms with Crippen molar-refractivity contribution in [2.45, 2.75) is 64.3 Å². The van der Waals surface area contributed by atoms with E-state index in [9.17, 15) is 9.70 Å². The van der Waals surface area contributed by atoms with Gasteiger partial charge in [0.05, 0.1) is 17.8 Å². The smallest absolute Gasteiger partial charge is 0.289 e. The quantitative estimate of drug-likeness (QED) is 0.276. The Hall–Kier alpha value is -1.89. The number of thioether (sulfide) groups is 1. The van der Waals surface area contributed by atoms with Crippen LogP contribution in [0.3, 0.4) is 0 Å². The van der Waals surface area contributed by atoms with Gasteiger partial charge in [0.1, 0.15) is 0 Å². The first-order chi connectivity index (χ1) is 14.0. The second kappa shape index (κ2) is 10.2. The van der Waals surface area contributed by atoms with E-state index in [0.29, 0.717) is 36.1 Å². The molecule has 1 aliphatic heterocycles. The molecule has 0 bridgehead atoms. The van der Waals surface area contributed by atoms with Crippen LogP contribution in [0.25, 0.3) is 0 Å². The average molecular weight is 417 g/mol. The highest BCUT2D eigenvalue weighted by Crippen LogP contribution is 2.38. The molecular weight excluding hydrogens is 384 g/mol. The Kier molecular flexibility index (Phi) is 7.70. The van der Waals surface area contributed by atoms with Crippen LogP contribution in [0.2, 0.25) is 0 Å². The van der Waals surface area contributed by atoms with Gasteiger partial charge in [-0.05, 0) is 68.8 Å². The number of rotatable bonds is 7. The van der Waals surface area contributed by atoms with Gasteiger partial charge in [-0.25, -0.2) is 0 Å². The molecule has 3 aliphatic rings. The largest absolute Gasteiger partial charge is 0.377 e. The van der Waals surface area contributed by atoms with Crippen LogP contribution in [-0.2, 0) is 4.79 Å². The Labute approximate surface area is 177 Å². The predicted molar refractivity (Wildman–Crippen MR) is 120 cm³/mol. The van der Waals surface area contributed by atoms with Crippen LogP contribution < -0.4 is 10.6 Å². The molecule has 1 amide bonds. The summed E-state index contributed by atoms with van der Waals surface area (Å²) in [5, 5.41) is 12.0. The topological polar surface area (TPSA) is 82.9 Å². The van der Waals surface area contributed by atoms with Gasteiger partial charge < -0.3 is 10.6 Å². The number of nitrogens with one attached hydrogen (secondary N) is 2. The Balaban J connectivity index is 1.53. The fourth-order valence-corrected chi connectivity index (χ4v) is 5.39. The van der Waals surface area contributed by atoms with Crippen molar-refractivity contribution in [3.05, 3.63) is 39.3 Å². The van der Waals surface area contributed by atoms with Gasteiger partial charge in [-0.15, -0.1) is 16.7 Å². The van der Waals surface area contributed by atoms with Crippen LogP contribution in [0.4, 0.5) is 0 Å². The van der Waals surface area contributed by atoms with Gasteiger partial charge in [0, 0.05) is 23.3 Å². The lowest BCUT2D eigenvalue weighted by Gasteiger charge is -2.32. The summed E-state index contributed by atoms with van der Waals surface area (Å²) in [5.74, 6) is 0.410. The third kappa shape index (κ3) is 5.59. The van der Waals surface area contributed by atoms with E-state index in [1.165, 1.54) is 16.8 Å². The van der Waals surface area contributed by atoms with Crippen LogP contribution >= 0.6 is 11.8 Å². The molecule has 1 heterocycles. The molecule has 0 aromatic heterocycles. The van der Waals surface area contributed by atoms with Crippen molar-refractivity contribution in [2.24, 2.45) is 27.9 Å². The highest BCUT2D eigenvalue weighted by molar-refractivity contribution is 8.02. The minimum Gasteiger partial charge on any atom is -0.377 e. The maximum Gasteiger partial charge on any atom is 0.289 e. The molecule has 0 saturated heterocycles. The number of carbonyl (C=O) groups is 1. The molecule has 6 nitrogen and oxygen atoms in total. The fraction of sp³-hybridized carbons (Fsp3) is 0.636. The number of nitrogens with zero attached hydrogens (tertiary/aromatic N) is 2. The highest BCUT2D eigenvalue weighted by atomic mass is 32.2. The Morgan fingerprint density at radius 2 is 2.28 bits per heavy atom. The van der Waals surface area contributed by atoms with Crippen molar-refractivity contribution < 1.29 is 4.79 Å². The van der Waals surface area contributed by atoms with Gasteiger partial charge in [0.2, 0.25) is 0 Å². The molecule has 0 aromatic carbocycles. The summed E-state index contributed by atoms with van der Waals surface area (Å²) in [4.78, 5) is 26.6. The van der Waals surface area contributed by atoms with E-state index in [4.69, 9.17) is 0 Å². The normalized spacial score (nSPS) is 32.2. The molecule has 0 aromatic rings. The van der Waals surface area contributed by atoms with E-state index in [-0.39, 0.29) is 5.92 Å². The number of aliphatic imine (C=N–C) groups is 1. The van der Waals surface area contributed by atoms with E-state index in [0.717, 1.165) is 25.8 Å². The number of hydrogen-bond donors (Lipinski definition) is 2. The molecule has 3 rings (SSSR count). The Bertz CT molecular complexity index is 743. The summed E-state index contributed by atoms with van der Waals surface area (Å²) in [7, 11) is 0. The highest BCUT2D eigenvalue weighted by Gasteiger charge is 2.31. The molecule has 7 heteroatoms. The summed E-state index contributed by atoms with van der Waals surface area (Å²) in [6.45, 7) is 7.51. The lowest BCUT2D eigenvalue weighted by atomic mass is 9.78. The van der Waals surface area contributed by atoms with E-state index < -0.39 is 5.91 Å². The molecular formula is C22H32N4O2S. The number of nitroso groups, excluding NO2 is 1. The second-order valence-electron chi connectivity index (χ2n) is 8.31. The van der Waals surface area contributed by atoms with E-state index in [1.54, 1.807) is 0 Å². The SMILES string of the molecule is CCN/C=N/C1CC(C)C(CC2NC(C3=CCC(C(=O)N=O)CC3)=CS2)C=C1C. The number of hydrogen-bond acceptors (Lipinski definition) is 5. The molecule has 2 N–H and O–H groups in total. The van der Waals surface area contributed by atoms with Crippen molar-refractivity contribution in [3.63, 3.8) is 0 Å². The first-order valence-electron chi connectivity index (χ1n) is 10.6. The first kappa shape index (κ1) is 21.8. The summed E-state index contributed by atoms with van der Waals surface area (Å²) in [6.07, 6.45) is 10.7. The lowest BCUT2D eigenvalue weighted by molar-refractivity contribution is -0.121. The minimum absolute atomic E-state index is 0.235. The molecule has 0 fully saturated rings. The third-order valence-electron chi connectivity index (χ3n) is 6.23. The number of allylic oxidation sites excluding steroid dienone is 3. The van der Waals surface area contributed by atoms with Crippen molar-refractivity contribution in [1.82, 2.24) is 10.6 Å². The van der Waals surface area contributed by atoms with Gasteiger partial charge in [-0.1, -0.05) is 24.6 Å². The van der Waals surface area contributed by atoms with Crippen LogP contribution in [0.5, 0.6) is 0 Å². The molecule has 0 spiro atoms. The number of carbonyl (C=O) groups excluding carboxylic acids is 1. The van der Waals surface area contributed by atoms with Crippen LogP contribution in [0.1, 0.15) is 52.9 Å². The zero-order valence-corrected chi connectivity index (χ0v) is 18.4. The maximum atomic E-state index is 11.5. The molecule has 5 unspecified atom stereocenters. The molecule has 0 saturated carbocycles. The van der Waals surface area contributed by atoms with Crippen molar-refractivity contribution in [3.8, 4) is 0 Å². The number of amides is 1. The van der Waals surface area contributed by atoms with Gasteiger partial charge in [-0.3, -0.25) is 9.79 Å². The molecule has 29 heavy (non-hydrogen) atoms. The van der Waals surface area contributed by atoms with E-state index >= 15 is 0 Å². The van der Waals surface area contributed by atoms with Gasteiger partial charge >= 0.3 is 0 Å². The van der Waals surface area contributed by atoms with Crippen molar-refractivity contribution >= 4 is 24.0 Å². The van der Waals surface area contributed by atoms with Crippen LogP contribution in [-0.4, -0.2) is 30.2 Å². The summed E-state index contributed by atoms with van der Waals surface area (Å²) < 4.78 is 0. The molecule has 158 valence electrons. The Morgan fingerprint density at radius 3 is 2.97 bits per heavy atom. The Morgan fingerprint density at radius 1 is 1.45 bits per heavy atom. The third-order valence-corrected chi connectivity index (χ3v) is 7.24. The minimum atomic E-state index is -0.512. The monoisotopic (exact) mass is 416 g/mol. The molecule has 0 radical (unpaired) electrons.